The van der Waals surface area contributed by atoms with Crippen LogP contribution in [0.25, 0.3) is 0 Å². The first-order valence-corrected chi connectivity index (χ1v) is 7.90. The molecule has 7 heteroatoms. The molecule has 21 heavy (non-hydrogen) atoms. The molecule has 2 aromatic rings. The number of sulfone groups is 1. The van der Waals surface area contributed by atoms with Crippen LogP contribution in [-0.4, -0.2) is 25.6 Å². The van der Waals surface area contributed by atoms with Gasteiger partial charge in [-0.25, -0.2) is 12.8 Å². The Morgan fingerprint density at radius 2 is 2.00 bits per heavy atom. The number of benzene rings is 1. The van der Waals surface area contributed by atoms with E-state index in [9.17, 15) is 17.6 Å². The van der Waals surface area contributed by atoms with Crippen molar-refractivity contribution < 1.29 is 17.6 Å². The summed E-state index contributed by atoms with van der Waals surface area (Å²) in [6, 6.07) is 5.63. The van der Waals surface area contributed by atoms with E-state index in [1.54, 1.807) is 13.0 Å². The molecule has 0 spiro atoms. The second kappa shape index (κ2) is 5.61. The molecule has 1 N–H and O–H groups in total. The highest BCUT2D eigenvalue weighted by molar-refractivity contribution is 7.90. The number of aryl methyl sites for hydroxylation is 1. The Kier molecular flexibility index (Phi) is 4.04. The average Bonchev–Trinajstić information content (AvgIpc) is 2.40. The number of carbonyl (C=O) groups is 1. The molecular weight excluding hydrogens is 295 g/mol. The molecule has 1 aromatic heterocycles. The van der Waals surface area contributed by atoms with Crippen molar-refractivity contribution in [2.45, 2.75) is 11.8 Å². The number of hydrogen-bond acceptors (Lipinski definition) is 4. The first-order chi connectivity index (χ1) is 9.79. The number of hydrogen-bond donors (Lipinski definition) is 1. The lowest BCUT2D eigenvalue weighted by Gasteiger charge is -2.10. The van der Waals surface area contributed by atoms with Crippen molar-refractivity contribution in [3.63, 3.8) is 0 Å². The number of nitrogens with zero attached hydrogens (tertiary/aromatic N) is 1. The van der Waals surface area contributed by atoms with E-state index in [4.69, 9.17) is 0 Å². The van der Waals surface area contributed by atoms with E-state index < -0.39 is 21.6 Å². The minimum absolute atomic E-state index is 0.0820. The maximum absolute atomic E-state index is 13.5. The minimum Gasteiger partial charge on any atom is -0.322 e. The van der Waals surface area contributed by atoms with Gasteiger partial charge in [-0.05, 0) is 30.7 Å². The third kappa shape index (κ3) is 3.43. The molecule has 0 saturated carbocycles. The molecule has 0 aliphatic heterocycles. The van der Waals surface area contributed by atoms with Gasteiger partial charge in [0.25, 0.3) is 5.91 Å². The molecule has 5 nitrogen and oxygen atoms in total. The second-order valence-electron chi connectivity index (χ2n) is 4.56. The summed E-state index contributed by atoms with van der Waals surface area (Å²) in [6.07, 6.45) is 3.32. The summed E-state index contributed by atoms with van der Waals surface area (Å²) in [6.45, 7) is 1.71. The summed E-state index contributed by atoms with van der Waals surface area (Å²) < 4.78 is 36.5. The van der Waals surface area contributed by atoms with Crippen LogP contribution in [0.1, 0.15) is 15.9 Å². The number of amides is 1. The number of nitrogens with one attached hydrogen (secondary N) is 1. The van der Waals surface area contributed by atoms with Crippen LogP contribution < -0.4 is 5.32 Å². The van der Waals surface area contributed by atoms with Crippen molar-refractivity contribution in [3.8, 4) is 0 Å². The van der Waals surface area contributed by atoms with Crippen molar-refractivity contribution >= 4 is 21.4 Å². The summed E-state index contributed by atoms with van der Waals surface area (Å²) in [5.74, 6) is -1.41. The van der Waals surface area contributed by atoms with E-state index in [1.165, 1.54) is 24.4 Å². The molecule has 1 amide bonds. The van der Waals surface area contributed by atoms with Gasteiger partial charge < -0.3 is 5.32 Å². The Bertz CT molecular complexity index is 804. The summed E-state index contributed by atoms with van der Waals surface area (Å²) in [7, 11) is -3.39. The smallest absolute Gasteiger partial charge is 0.258 e. The summed E-state index contributed by atoms with van der Waals surface area (Å²) in [5, 5.41) is 2.51. The molecule has 0 aliphatic carbocycles. The zero-order chi connectivity index (χ0) is 15.6. The Morgan fingerprint density at radius 3 is 2.62 bits per heavy atom. The molecular formula is C14H13FN2O3S. The minimum atomic E-state index is -3.39. The van der Waals surface area contributed by atoms with E-state index >= 15 is 0 Å². The molecule has 0 saturated heterocycles. The van der Waals surface area contributed by atoms with Gasteiger partial charge in [0.2, 0.25) is 0 Å². The number of anilines is 1. The first-order valence-electron chi connectivity index (χ1n) is 6.00. The van der Waals surface area contributed by atoms with Gasteiger partial charge in [0.1, 0.15) is 0 Å². The largest absolute Gasteiger partial charge is 0.322 e. The topological polar surface area (TPSA) is 76.1 Å². The van der Waals surface area contributed by atoms with Gasteiger partial charge >= 0.3 is 0 Å². The lowest BCUT2D eigenvalue weighted by Crippen LogP contribution is -2.15. The van der Waals surface area contributed by atoms with Gasteiger partial charge in [0.15, 0.2) is 15.7 Å². The first kappa shape index (κ1) is 15.1. The molecule has 1 heterocycles. The summed E-state index contributed by atoms with van der Waals surface area (Å²) >= 11 is 0. The maximum Gasteiger partial charge on any atom is 0.258 e. The SMILES string of the molecule is Cc1ccc(S(C)(=O)=O)cc1NC(=O)c1ccncc1F. The highest BCUT2D eigenvalue weighted by atomic mass is 32.2. The molecule has 0 radical (unpaired) electrons. The van der Waals surface area contributed by atoms with Crippen molar-refractivity contribution in [2.24, 2.45) is 0 Å². The molecule has 2 rings (SSSR count). The quantitative estimate of drug-likeness (QED) is 0.943. The zero-order valence-electron chi connectivity index (χ0n) is 11.4. The van der Waals surface area contributed by atoms with E-state index in [2.05, 4.69) is 10.3 Å². The van der Waals surface area contributed by atoms with Crippen LogP contribution in [0.4, 0.5) is 10.1 Å². The summed E-state index contributed by atoms with van der Waals surface area (Å²) in [4.78, 5) is 15.7. The zero-order valence-corrected chi connectivity index (χ0v) is 12.2. The average molecular weight is 308 g/mol. The number of aromatic nitrogens is 1. The molecule has 0 atom stereocenters. The fourth-order valence-corrected chi connectivity index (χ4v) is 2.36. The van der Waals surface area contributed by atoms with Crippen LogP contribution >= 0.6 is 0 Å². The predicted molar refractivity (Wildman–Crippen MR) is 76.4 cm³/mol. The number of halogens is 1. The van der Waals surface area contributed by atoms with Crippen LogP contribution in [-0.2, 0) is 9.84 Å². The summed E-state index contributed by atoms with van der Waals surface area (Å²) in [5.41, 5.74) is 0.832. The highest BCUT2D eigenvalue weighted by Crippen LogP contribution is 2.21. The van der Waals surface area contributed by atoms with Gasteiger partial charge in [-0.1, -0.05) is 6.07 Å². The Morgan fingerprint density at radius 1 is 1.29 bits per heavy atom. The Balaban J connectivity index is 2.36. The molecule has 0 fully saturated rings. The third-order valence-electron chi connectivity index (χ3n) is 2.90. The van der Waals surface area contributed by atoms with Crippen LogP contribution in [0.15, 0.2) is 41.6 Å². The van der Waals surface area contributed by atoms with Crippen LogP contribution in [0.2, 0.25) is 0 Å². The van der Waals surface area contributed by atoms with Crippen LogP contribution in [0.3, 0.4) is 0 Å². The standard InChI is InChI=1S/C14H13FN2O3S/c1-9-3-4-10(21(2,19)20)7-13(9)17-14(18)11-5-6-16-8-12(11)15/h3-8H,1-2H3,(H,17,18). The Hall–Kier alpha value is -2.28. The van der Waals surface area contributed by atoms with E-state index in [0.717, 1.165) is 12.5 Å². The van der Waals surface area contributed by atoms with Gasteiger partial charge in [-0.15, -0.1) is 0 Å². The normalized spacial score (nSPS) is 11.2. The third-order valence-corrected chi connectivity index (χ3v) is 4.01. The van der Waals surface area contributed by atoms with Crippen LogP contribution in [0, 0.1) is 12.7 Å². The predicted octanol–water partition coefficient (Wildman–Crippen LogP) is 2.18. The van der Waals surface area contributed by atoms with Gasteiger partial charge in [0.05, 0.1) is 16.7 Å². The number of carbonyl (C=O) groups excluding carboxylic acids is 1. The highest BCUT2D eigenvalue weighted by Gasteiger charge is 2.14. The van der Waals surface area contributed by atoms with Crippen molar-refractivity contribution in [3.05, 3.63) is 53.6 Å². The fourth-order valence-electron chi connectivity index (χ4n) is 1.72. The lowest BCUT2D eigenvalue weighted by molar-refractivity contribution is 0.102. The van der Waals surface area contributed by atoms with Gasteiger partial charge in [0, 0.05) is 18.1 Å². The molecule has 0 aliphatic rings. The van der Waals surface area contributed by atoms with Gasteiger partial charge in [-0.2, -0.15) is 0 Å². The molecule has 0 bridgehead atoms. The van der Waals surface area contributed by atoms with Crippen molar-refractivity contribution in [1.82, 2.24) is 4.98 Å². The maximum atomic E-state index is 13.5. The lowest BCUT2D eigenvalue weighted by atomic mass is 10.2. The van der Waals surface area contributed by atoms with Gasteiger partial charge in [-0.3, -0.25) is 9.78 Å². The van der Waals surface area contributed by atoms with E-state index in [-0.39, 0.29) is 10.5 Å². The van der Waals surface area contributed by atoms with E-state index in [1.807, 2.05) is 0 Å². The second-order valence-corrected chi connectivity index (χ2v) is 6.57. The van der Waals surface area contributed by atoms with Crippen molar-refractivity contribution in [1.29, 1.82) is 0 Å². The van der Waals surface area contributed by atoms with Crippen molar-refractivity contribution in [2.75, 3.05) is 11.6 Å². The number of rotatable bonds is 3. The Labute approximate surface area is 121 Å². The molecule has 1 aromatic carbocycles. The fraction of sp³-hybridized carbons (Fsp3) is 0.143. The monoisotopic (exact) mass is 308 g/mol. The van der Waals surface area contributed by atoms with E-state index in [0.29, 0.717) is 11.3 Å². The molecule has 110 valence electrons. The molecule has 0 unspecified atom stereocenters. The van der Waals surface area contributed by atoms with Crippen LogP contribution in [0.5, 0.6) is 0 Å². The number of pyridine rings is 1.